The zero-order valence-corrected chi connectivity index (χ0v) is 22.2. The highest BCUT2D eigenvalue weighted by Gasteiger charge is 2.22. The van der Waals surface area contributed by atoms with Gasteiger partial charge in [-0.1, -0.05) is 24.3 Å². The number of nitrogens with one attached hydrogen (secondary N) is 1. The molecule has 1 aliphatic rings. The molecule has 38 heavy (non-hydrogen) atoms. The Kier molecular flexibility index (Phi) is 7.24. The first-order valence-corrected chi connectivity index (χ1v) is 12.9. The van der Waals surface area contributed by atoms with Gasteiger partial charge in [0.15, 0.2) is 0 Å². The first kappa shape index (κ1) is 25.6. The Balaban J connectivity index is 1.47. The number of piperazine rings is 1. The summed E-state index contributed by atoms with van der Waals surface area (Å²) in [6, 6.07) is 16.1. The molecule has 1 N–H and O–H groups in total. The van der Waals surface area contributed by atoms with Crippen LogP contribution >= 0.6 is 0 Å². The van der Waals surface area contributed by atoms with Crippen molar-refractivity contribution in [2.24, 2.45) is 0 Å². The van der Waals surface area contributed by atoms with Gasteiger partial charge in [-0.3, -0.25) is 4.79 Å². The van der Waals surface area contributed by atoms with Crippen LogP contribution in [0.15, 0.2) is 60.8 Å². The SMILES string of the molecule is Cc1ccc(Nc2ncc3cccc(-c4ccc(F)cc4OC(C)C)c3n2)cc1C(=O)N1CCN(C)CC1. The molecule has 0 aliphatic carbocycles. The van der Waals surface area contributed by atoms with Crippen molar-refractivity contribution in [1.82, 2.24) is 19.8 Å². The fraction of sp³-hybridized carbons (Fsp3) is 0.300. The van der Waals surface area contributed by atoms with E-state index in [1.54, 1.807) is 12.3 Å². The minimum Gasteiger partial charge on any atom is -0.490 e. The van der Waals surface area contributed by atoms with Gasteiger partial charge in [-0.15, -0.1) is 0 Å². The standard InChI is InChI=1S/C30H32FN5O2/c1-19(2)38-27-16-22(31)9-11-24(27)25-7-5-6-21-18-32-30(34-28(21)25)33-23-10-8-20(3)26(17-23)29(37)36-14-12-35(4)13-15-36/h5-11,16-19H,12-15H2,1-4H3,(H,32,33,34). The minimum atomic E-state index is -0.358. The van der Waals surface area contributed by atoms with E-state index in [4.69, 9.17) is 9.72 Å². The first-order valence-electron chi connectivity index (χ1n) is 12.9. The largest absolute Gasteiger partial charge is 0.490 e. The molecule has 0 atom stereocenters. The number of nitrogens with zero attached hydrogens (tertiary/aromatic N) is 4. The molecule has 1 aliphatic heterocycles. The number of likely N-dealkylation sites (N-methyl/N-ethyl adjacent to an activating group) is 1. The van der Waals surface area contributed by atoms with E-state index >= 15 is 0 Å². The van der Waals surface area contributed by atoms with Gasteiger partial charge in [-0.25, -0.2) is 14.4 Å². The molecule has 0 unspecified atom stereocenters. The second-order valence-electron chi connectivity index (χ2n) is 9.99. The van der Waals surface area contributed by atoms with Crippen molar-refractivity contribution in [2.75, 3.05) is 38.5 Å². The van der Waals surface area contributed by atoms with E-state index in [1.807, 2.05) is 62.1 Å². The van der Waals surface area contributed by atoms with Crippen LogP contribution in [-0.4, -0.2) is 65.0 Å². The fourth-order valence-electron chi connectivity index (χ4n) is 4.64. The van der Waals surface area contributed by atoms with Gasteiger partial charge in [0, 0.05) is 66.2 Å². The second kappa shape index (κ2) is 10.8. The van der Waals surface area contributed by atoms with Crippen LogP contribution in [0, 0.1) is 12.7 Å². The third-order valence-electron chi connectivity index (χ3n) is 6.72. The van der Waals surface area contributed by atoms with Crippen molar-refractivity contribution in [3.05, 3.63) is 77.7 Å². The molecule has 0 radical (unpaired) electrons. The number of carbonyl (C=O) groups excluding carboxylic acids is 1. The van der Waals surface area contributed by atoms with Crippen LogP contribution in [-0.2, 0) is 0 Å². The molecule has 0 bridgehead atoms. The first-order chi connectivity index (χ1) is 18.3. The lowest BCUT2D eigenvalue weighted by Gasteiger charge is -2.32. The van der Waals surface area contributed by atoms with Gasteiger partial charge in [-0.2, -0.15) is 0 Å². The number of carbonyl (C=O) groups is 1. The van der Waals surface area contributed by atoms with Gasteiger partial charge in [0.1, 0.15) is 11.6 Å². The summed E-state index contributed by atoms with van der Waals surface area (Å²) in [7, 11) is 2.07. The number of ether oxygens (including phenoxy) is 1. The van der Waals surface area contributed by atoms with Crippen molar-refractivity contribution in [3.63, 3.8) is 0 Å². The number of para-hydroxylation sites is 1. The smallest absolute Gasteiger partial charge is 0.254 e. The predicted octanol–water partition coefficient (Wildman–Crippen LogP) is 5.66. The summed E-state index contributed by atoms with van der Waals surface area (Å²) in [5.41, 5.74) is 4.61. The average molecular weight is 514 g/mol. The minimum absolute atomic E-state index is 0.0370. The number of hydrogen-bond donors (Lipinski definition) is 1. The molecular weight excluding hydrogens is 481 g/mol. The Morgan fingerprint density at radius 1 is 1.03 bits per heavy atom. The third kappa shape index (κ3) is 5.45. The van der Waals surface area contributed by atoms with E-state index in [2.05, 4.69) is 22.2 Å². The Labute approximate surface area is 222 Å². The zero-order valence-electron chi connectivity index (χ0n) is 22.2. The van der Waals surface area contributed by atoms with Gasteiger partial charge >= 0.3 is 0 Å². The second-order valence-corrected chi connectivity index (χ2v) is 9.99. The summed E-state index contributed by atoms with van der Waals surface area (Å²) in [5.74, 6) is 0.546. The van der Waals surface area contributed by atoms with Crippen LogP contribution < -0.4 is 10.1 Å². The number of anilines is 2. The van der Waals surface area contributed by atoms with E-state index in [-0.39, 0.29) is 17.8 Å². The zero-order chi connectivity index (χ0) is 26.8. The van der Waals surface area contributed by atoms with Crippen molar-refractivity contribution >= 4 is 28.4 Å². The van der Waals surface area contributed by atoms with E-state index in [9.17, 15) is 9.18 Å². The molecule has 1 amide bonds. The van der Waals surface area contributed by atoms with Crippen molar-refractivity contribution < 1.29 is 13.9 Å². The van der Waals surface area contributed by atoms with Crippen LogP contribution in [0.1, 0.15) is 29.8 Å². The summed E-state index contributed by atoms with van der Waals surface area (Å²) in [4.78, 5) is 26.7. The van der Waals surface area contributed by atoms with Crippen LogP contribution in [0.3, 0.4) is 0 Å². The molecule has 1 aromatic heterocycles. The molecule has 8 heteroatoms. The van der Waals surface area contributed by atoms with Gasteiger partial charge in [0.25, 0.3) is 5.91 Å². The number of aryl methyl sites for hydroxylation is 1. The quantitative estimate of drug-likeness (QED) is 0.359. The Bertz CT molecular complexity index is 1480. The number of rotatable bonds is 6. The summed E-state index contributed by atoms with van der Waals surface area (Å²) >= 11 is 0. The van der Waals surface area contributed by atoms with Gasteiger partial charge in [-0.05, 0) is 57.6 Å². The molecule has 7 nitrogen and oxygen atoms in total. The van der Waals surface area contributed by atoms with Crippen LogP contribution in [0.25, 0.3) is 22.0 Å². The lowest BCUT2D eigenvalue weighted by atomic mass is 10.0. The number of hydrogen-bond acceptors (Lipinski definition) is 6. The number of benzene rings is 3. The fourth-order valence-corrected chi connectivity index (χ4v) is 4.64. The predicted molar refractivity (Wildman–Crippen MR) is 149 cm³/mol. The molecule has 196 valence electrons. The summed E-state index contributed by atoms with van der Waals surface area (Å²) in [6.45, 7) is 8.94. The molecule has 0 saturated carbocycles. The molecule has 4 aromatic rings. The number of halogens is 1. The highest BCUT2D eigenvalue weighted by atomic mass is 19.1. The lowest BCUT2D eigenvalue weighted by molar-refractivity contribution is 0.0663. The van der Waals surface area contributed by atoms with Crippen LogP contribution in [0.4, 0.5) is 16.0 Å². The number of amides is 1. The van der Waals surface area contributed by atoms with E-state index in [0.29, 0.717) is 22.8 Å². The van der Waals surface area contributed by atoms with E-state index in [1.165, 1.54) is 12.1 Å². The van der Waals surface area contributed by atoms with Gasteiger partial charge < -0.3 is 19.9 Å². The normalized spacial score (nSPS) is 14.2. The highest BCUT2D eigenvalue weighted by Crippen LogP contribution is 2.36. The maximum absolute atomic E-state index is 14.0. The summed E-state index contributed by atoms with van der Waals surface area (Å²) in [6.07, 6.45) is 1.65. The molecule has 0 spiro atoms. The number of aromatic nitrogens is 2. The Morgan fingerprint density at radius 3 is 2.58 bits per heavy atom. The highest BCUT2D eigenvalue weighted by molar-refractivity contribution is 5.97. The Morgan fingerprint density at radius 2 is 1.82 bits per heavy atom. The monoisotopic (exact) mass is 513 g/mol. The van der Waals surface area contributed by atoms with Crippen LogP contribution in [0.5, 0.6) is 5.75 Å². The van der Waals surface area contributed by atoms with Gasteiger partial charge in [0.2, 0.25) is 5.95 Å². The van der Waals surface area contributed by atoms with Crippen LogP contribution in [0.2, 0.25) is 0 Å². The lowest BCUT2D eigenvalue weighted by Crippen LogP contribution is -2.47. The number of fused-ring (bicyclic) bond motifs is 1. The summed E-state index contributed by atoms with van der Waals surface area (Å²) in [5, 5.41) is 4.12. The molecule has 5 rings (SSSR count). The maximum Gasteiger partial charge on any atom is 0.254 e. The van der Waals surface area contributed by atoms with Gasteiger partial charge in [0.05, 0.1) is 11.6 Å². The average Bonchev–Trinajstić information content (AvgIpc) is 2.89. The molecule has 3 aromatic carbocycles. The molecular formula is C30H32FN5O2. The Hall–Kier alpha value is -4.04. The maximum atomic E-state index is 14.0. The van der Waals surface area contributed by atoms with Crippen molar-refractivity contribution in [2.45, 2.75) is 26.9 Å². The third-order valence-corrected chi connectivity index (χ3v) is 6.72. The molecule has 2 heterocycles. The topological polar surface area (TPSA) is 70.6 Å². The van der Waals surface area contributed by atoms with Crippen molar-refractivity contribution in [3.8, 4) is 16.9 Å². The molecule has 1 fully saturated rings. The molecule has 1 saturated heterocycles. The van der Waals surface area contributed by atoms with E-state index in [0.717, 1.165) is 53.9 Å². The van der Waals surface area contributed by atoms with Crippen molar-refractivity contribution in [1.29, 1.82) is 0 Å². The summed E-state index contributed by atoms with van der Waals surface area (Å²) < 4.78 is 20.0. The van der Waals surface area contributed by atoms with E-state index < -0.39 is 0 Å².